The lowest BCUT2D eigenvalue weighted by atomic mass is 10.0. The predicted octanol–water partition coefficient (Wildman–Crippen LogP) is 5.21. The van der Waals surface area contributed by atoms with Crippen LogP contribution < -0.4 is 21.5 Å². The second kappa shape index (κ2) is 10.0. The third-order valence-corrected chi connectivity index (χ3v) is 6.12. The van der Waals surface area contributed by atoms with Gasteiger partial charge in [0, 0.05) is 11.1 Å². The molecule has 2 aromatic carbocycles. The van der Waals surface area contributed by atoms with Crippen LogP contribution in [0.25, 0.3) is 0 Å². The minimum Gasteiger partial charge on any atom is -0.438 e. The van der Waals surface area contributed by atoms with Gasteiger partial charge in [0.2, 0.25) is 5.88 Å². The third-order valence-electron chi connectivity index (χ3n) is 5.84. The summed E-state index contributed by atoms with van der Waals surface area (Å²) in [6, 6.07) is 8.89. The number of rotatable bonds is 8. The highest BCUT2D eigenvalue weighted by atomic mass is 35.5. The number of ether oxygens (including phenoxy) is 1. The Morgan fingerprint density at radius 3 is 2.44 bits per heavy atom. The van der Waals surface area contributed by atoms with E-state index in [4.69, 9.17) is 27.8 Å². The Hall–Kier alpha value is -3.13. The molecule has 1 aliphatic rings. The van der Waals surface area contributed by atoms with E-state index in [1.807, 2.05) is 6.92 Å². The molecule has 5 N–H and O–H groups in total. The van der Waals surface area contributed by atoms with Crippen molar-refractivity contribution < 1.29 is 22.7 Å². The first-order valence-electron chi connectivity index (χ1n) is 10.7. The molecule has 1 aliphatic carbocycles. The Morgan fingerprint density at radius 2 is 1.85 bits per heavy atom. The number of carbonyl (C=O) groups is 1. The first-order chi connectivity index (χ1) is 15.9. The molecule has 1 fully saturated rings. The normalized spacial score (nSPS) is 15.4. The molecule has 0 radical (unpaired) electrons. The standard InChI is InChI=1S/C25H27ClF3N3O2/c1-13-7-10-17(11-14(13)2)25(28,29)12-32-24(33)20(15(3)22(26)30)23(31)34-19-6-4-5-18(21(19)27)16-8-9-16/h4-7,10-11,16H,8-9,12,30-31H2,1-3H3,(H,32,33)/b22-15-,23-20-. The molecular weight excluding hydrogens is 467 g/mol. The first-order valence-corrected chi connectivity index (χ1v) is 11.1. The van der Waals surface area contributed by atoms with E-state index in [1.54, 1.807) is 25.1 Å². The monoisotopic (exact) mass is 493 g/mol. The summed E-state index contributed by atoms with van der Waals surface area (Å²) in [7, 11) is 0. The maximum absolute atomic E-state index is 14.8. The summed E-state index contributed by atoms with van der Waals surface area (Å²) in [5, 5.41) is 1.88. The molecule has 182 valence electrons. The van der Waals surface area contributed by atoms with Crippen molar-refractivity contribution in [2.45, 2.75) is 45.5 Å². The smallest absolute Gasteiger partial charge is 0.290 e. The van der Waals surface area contributed by atoms with Crippen LogP contribution in [0, 0.1) is 19.7 Å². The van der Waals surface area contributed by atoms with E-state index in [0.717, 1.165) is 18.4 Å². The first kappa shape index (κ1) is 25.5. The van der Waals surface area contributed by atoms with Crippen molar-refractivity contribution in [2.75, 3.05) is 6.54 Å². The van der Waals surface area contributed by atoms with Crippen LogP contribution in [-0.2, 0) is 10.7 Å². The van der Waals surface area contributed by atoms with Crippen molar-refractivity contribution in [2.24, 2.45) is 11.5 Å². The molecule has 0 saturated heterocycles. The van der Waals surface area contributed by atoms with Crippen molar-refractivity contribution in [3.8, 4) is 5.75 Å². The number of carbonyl (C=O) groups excluding carboxylic acids is 1. The minimum absolute atomic E-state index is 0.00455. The predicted molar refractivity (Wildman–Crippen MR) is 126 cm³/mol. The van der Waals surface area contributed by atoms with Crippen LogP contribution in [0.4, 0.5) is 13.2 Å². The Labute approximate surface area is 201 Å². The zero-order valence-corrected chi connectivity index (χ0v) is 19.9. The maximum atomic E-state index is 14.8. The molecule has 0 heterocycles. The zero-order valence-electron chi connectivity index (χ0n) is 19.1. The summed E-state index contributed by atoms with van der Waals surface area (Å²) >= 11 is 5.85. The van der Waals surface area contributed by atoms with Gasteiger partial charge in [0.15, 0.2) is 11.6 Å². The molecule has 1 saturated carbocycles. The van der Waals surface area contributed by atoms with Gasteiger partial charge in [-0.25, -0.2) is 4.39 Å². The highest BCUT2D eigenvalue weighted by molar-refractivity contribution is 6.30. The van der Waals surface area contributed by atoms with Crippen molar-refractivity contribution in [1.29, 1.82) is 0 Å². The van der Waals surface area contributed by atoms with Crippen LogP contribution in [-0.4, -0.2) is 12.5 Å². The zero-order chi connectivity index (χ0) is 25.2. The van der Waals surface area contributed by atoms with Gasteiger partial charge >= 0.3 is 0 Å². The molecule has 2 aromatic rings. The summed E-state index contributed by atoms with van der Waals surface area (Å²) in [6.45, 7) is 3.91. The van der Waals surface area contributed by atoms with E-state index in [-0.39, 0.29) is 33.5 Å². The van der Waals surface area contributed by atoms with Crippen molar-refractivity contribution in [3.63, 3.8) is 0 Å². The topological polar surface area (TPSA) is 90.4 Å². The number of aryl methyl sites for hydroxylation is 2. The second-order valence-electron chi connectivity index (χ2n) is 8.43. The summed E-state index contributed by atoms with van der Waals surface area (Å²) in [5.74, 6) is -5.52. The number of nitrogens with one attached hydrogen (secondary N) is 1. The number of nitrogens with two attached hydrogens (primary N) is 2. The van der Waals surface area contributed by atoms with E-state index in [2.05, 4.69) is 5.32 Å². The molecule has 0 aliphatic heterocycles. The van der Waals surface area contributed by atoms with E-state index in [9.17, 15) is 18.0 Å². The highest BCUT2D eigenvalue weighted by Crippen LogP contribution is 2.43. The van der Waals surface area contributed by atoms with Crippen molar-refractivity contribution in [3.05, 3.63) is 86.7 Å². The van der Waals surface area contributed by atoms with Crippen LogP contribution in [0.2, 0.25) is 0 Å². The van der Waals surface area contributed by atoms with Crippen molar-refractivity contribution >= 4 is 17.5 Å². The molecule has 9 heteroatoms. The minimum atomic E-state index is -3.36. The quantitative estimate of drug-likeness (QED) is 0.204. The van der Waals surface area contributed by atoms with Gasteiger partial charge in [-0.2, -0.15) is 8.78 Å². The van der Waals surface area contributed by atoms with Gasteiger partial charge < -0.3 is 21.5 Å². The van der Waals surface area contributed by atoms with E-state index < -0.39 is 30.1 Å². The largest absolute Gasteiger partial charge is 0.438 e. The number of benzene rings is 2. The van der Waals surface area contributed by atoms with E-state index in [0.29, 0.717) is 11.1 Å². The van der Waals surface area contributed by atoms with Crippen molar-refractivity contribution in [1.82, 2.24) is 5.32 Å². The van der Waals surface area contributed by atoms with Crippen LogP contribution in [0.5, 0.6) is 5.75 Å². The molecule has 5 nitrogen and oxygen atoms in total. The average molecular weight is 494 g/mol. The Kier molecular flexibility index (Phi) is 7.51. The highest BCUT2D eigenvalue weighted by Gasteiger charge is 2.34. The SMILES string of the molecule is CC(/C(C(=O)NCC(F)(F)c1ccc(C)c(C)c1)=C(\N)Oc1cccc(C2CC2)c1F)=C(/N)Cl. The Morgan fingerprint density at radius 1 is 1.18 bits per heavy atom. The van der Waals surface area contributed by atoms with Gasteiger partial charge in [-0.15, -0.1) is 0 Å². The summed E-state index contributed by atoms with van der Waals surface area (Å²) in [4.78, 5) is 12.9. The van der Waals surface area contributed by atoms with Crippen LogP contribution in [0.3, 0.4) is 0 Å². The number of halogens is 4. The fourth-order valence-corrected chi connectivity index (χ4v) is 3.52. The number of alkyl halides is 2. The molecule has 0 atom stereocenters. The summed E-state index contributed by atoms with van der Waals surface area (Å²) < 4.78 is 49.8. The van der Waals surface area contributed by atoms with Gasteiger partial charge in [0.25, 0.3) is 11.8 Å². The molecule has 3 rings (SSSR count). The Balaban J connectivity index is 1.86. The van der Waals surface area contributed by atoms with Gasteiger partial charge in [0.1, 0.15) is 10.7 Å². The molecule has 0 bridgehead atoms. The van der Waals surface area contributed by atoms with Gasteiger partial charge in [-0.05, 0) is 68.4 Å². The van der Waals surface area contributed by atoms with E-state index in [1.165, 1.54) is 25.1 Å². The van der Waals surface area contributed by atoms with Gasteiger partial charge in [0.05, 0.1) is 6.54 Å². The lowest BCUT2D eigenvalue weighted by Crippen LogP contribution is -2.37. The third kappa shape index (κ3) is 5.67. The van der Waals surface area contributed by atoms with E-state index >= 15 is 0 Å². The average Bonchev–Trinajstić information content (AvgIpc) is 3.61. The number of amides is 1. The fourth-order valence-electron chi connectivity index (χ4n) is 3.42. The Bertz CT molecular complexity index is 1170. The molecular formula is C25H27ClF3N3O2. The number of hydrogen-bond acceptors (Lipinski definition) is 4. The molecule has 34 heavy (non-hydrogen) atoms. The molecule has 0 unspecified atom stereocenters. The lowest BCUT2D eigenvalue weighted by Gasteiger charge is -2.20. The molecule has 0 aromatic heterocycles. The van der Waals surface area contributed by atoms with Crippen LogP contribution in [0.1, 0.15) is 47.9 Å². The van der Waals surface area contributed by atoms with Gasteiger partial charge in [-0.3, -0.25) is 4.79 Å². The van der Waals surface area contributed by atoms with Crippen LogP contribution >= 0.6 is 11.6 Å². The summed E-state index contributed by atoms with van der Waals surface area (Å²) in [5.41, 5.74) is 13.1. The van der Waals surface area contributed by atoms with Gasteiger partial charge in [-0.1, -0.05) is 35.9 Å². The summed E-state index contributed by atoms with van der Waals surface area (Å²) in [6.07, 6.45) is 1.75. The van der Waals surface area contributed by atoms with Crippen LogP contribution in [0.15, 0.2) is 58.6 Å². The lowest BCUT2D eigenvalue weighted by molar-refractivity contribution is -0.119. The second-order valence-corrected chi connectivity index (χ2v) is 8.84. The maximum Gasteiger partial charge on any atom is 0.290 e. The molecule has 1 amide bonds. The number of hydrogen-bond donors (Lipinski definition) is 3. The molecule has 0 spiro atoms. The fraction of sp³-hybridized carbons (Fsp3) is 0.320.